The van der Waals surface area contributed by atoms with Crippen LogP contribution in [0.4, 0.5) is 11.4 Å². The van der Waals surface area contributed by atoms with Crippen LogP contribution in [-0.4, -0.2) is 34.4 Å². The lowest BCUT2D eigenvalue weighted by Gasteiger charge is -2.34. The van der Waals surface area contributed by atoms with Gasteiger partial charge in [0.15, 0.2) is 0 Å². The fourth-order valence-electron chi connectivity index (χ4n) is 2.93. The summed E-state index contributed by atoms with van der Waals surface area (Å²) < 4.78 is 4.91. The Morgan fingerprint density at radius 1 is 1.43 bits per heavy atom. The summed E-state index contributed by atoms with van der Waals surface area (Å²) in [7, 11) is 3.30. The first-order valence-corrected chi connectivity index (χ1v) is 7.95. The van der Waals surface area contributed by atoms with Gasteiger partial charge in [-0.15, -0.1) is 0 Å². The molecular formula is C17H26BN4O. The molecule has 0 amide bonds. The smallest absolute Gasteiger partial charge is 0.395 e. The molecule has 0 spiro atoms. The molecule has 2 rings (SSSR count). The highest BCUT2D eigenvalue weighted by Crippen LogP contribution is 2.25. The molecule has 0 atom stereocenters. The molecule has 1 aromatic carbocycles. The highest BCUT2D eigenvalue weighted by molar-refractivity contribution is 6.23. The number of hydrogen-bond acceptors (Lipinski definition) is 5. The Kier molecular flexibility index (Phi) is 6.56. The van der Waals surface area contributed by atoms with Crippen LogP contribution in [0.2, 0.25) is 0 Å². The number of allylic oxidation sites excluding steroid dienone is 1. The first-order valence-electron chi connectivity index (χ1n) is 7.95. The maximum Gasteiger partial charge on any atom is 0.395 e. The third-order valence-electron chi connectivity index (χ3n) is 4.24. The number of nitrogens with zero attached hydrogens (tertiary/aromatic N) is 1. The third kappa shape index (κ3) is 4.78. The van der Waals surface area contributed by atoms with Crippen LogP contribution in [0, 0.1) is 5.92 Å². The van der Waals surface area contributed by atoms with Gasteiger partial charge in [-0.3, -0.25) is 0 Å². The second kappa shape index (κ2) is 8.65. The maximum absolute atomic E-state index is 6.25. The Labute approximate surface area is 139 Å². The van der Waals surface area contributed by atoms with Crippen LogP contribution in [0.15, 0.2) is 24.4 Å². The summed E-state index contributed by atoms with van der Waals surface area (Å²) >= 11 is 0. The molecule has 1 aliphatic heterocycles. The van der Waals surface area contributed by atoms with Crippen molar-refractivity contribution in [2.45, 2.75) is 12.8 Å². The SMILES string of the molecule is C=c1cc(N2CCC(CN[B]OC)CC2)c(N)c/c1=C/C=C\N. The van der Waals surface area contributed by atoms with Crippen molar-refractivity contribution in [1.29, 1.82) is 0 Å². The summed E-state index contributed by atoms with van der Waals surface area (Å²) in [5.74, 6) is 0.667. The summed E-state index contributed by atoms with van der Waals surface area (Å²) in [4.78, 5) is 2.35. The molecule has 6 heteroatoms. The lowest BCUT2D eigenvalue weighted by molar-refractivity contribution is 0.384. The zero-order valence-electron chi connectivity index (χ0n) is 13.8. The summed E-state index contributed by atoms with van der Waals surface area (Å²) in [6, 6.07) is 4.04. The van der Waals surface area contributed by atoms with E-state index >= 15 is 0 Å². The minimum atomic E-state index is 0.667. The van der Waals surface area contributed by atoms with Gasteiger partial charge in [0.25, 0.3) is 0 Å². The molecule has 1 aromatic rings. The Morgan fingerprint density at radius 2 is 2.17 bits per heavy atom. The predicted octanol–water partition coefficient (Wildman–Crippen LogP) is -0.0814. The van der Waals surface area contributed by atoms with Crippen molar-refractivity contribution in [3.8, 4) is 0 Å². The monoisotopic (exact) mass is 313 g/mol. The first-order chi connectivity index (χ1) is 11.2. The number of benzene rings is 1. The second-order valence-corrected chi connectivity index (χ2v) is 5.85. The van der Waals surface area contributed by atoms with Crippen LogP contribution in [-0.2, 0) is 4.65 Å². The number of nitrogen functional groups attached to an aromatic ring is 1. The Hall–Kier alpha value is -1.92. The van der Waals surface area contributed by atoms with Gasteiger partial charge < -0.3 is 26.2 Å². The zero-order chi connectivity index (χ0) is 16.7. The second-order valence-electron chi connectivity index (χ2n) is 5.85. The van der Waals surface area contributed by atoms with E-state index in [-0.39, 0.29) is 0 Å². The van der Waals surface area contributed by atoms with Crippen LogP contribution in [0.3, 0.4) is 0 Å². The van der Waals surface area contributed by atoms with Crippen molar-refractivity contribution in [2.75, 3.05) is 37.4 Å². The highest BCUT2D eigenvalue weighted by Gasteiger charge is 2.20. The number of piperidine rings is 1. The maximum atomic E-state index is 6.25. The van der Waals surface area contributed by atoms with Crippen molar-refractivity contribution in [3.05, 3.63) is 34.8 Å². The van der Waals surface area contributed by atoms with Crippen LogP contribution < -0.4 is 32.0 Å². The highest BCUT2D eigenvalue weighted by atomic mass is 16.4. The van der Waals surface area contributed by atoms with Crippen molar-refractivity contribution in [2.24, 2.45) is 11.7 Å². The number of nitrogens with one attached hydrogen (secondary N) is 1. The van der Waals surface area contributed by atoms with Crippen molar-refractivity contribution >= 4 is 31.6 Å². The number of rotatable bonds is 6. The van der Waals surface area contributed by atoms with Gasteiger partial charge in [-0.2, -0.15) is 0 Å². The van der Waals surface area contributed by atoms with E-state index in [9.17, 15) is 0 Å². The normalized spacial score (nSPS) is 17.1. The van der Waals surface area contributed by atoms with E-state index in [1.165, 1.54) is 6.20 Å². The molecule has 1 heterocycles. The van der Waals surface area contributed by atoms with E-state index in [2.05, 4.69) is 22.8 Å². The Morgan fingerprint density at radius 3 is 2.83 bits per heavy atom. The fraction of sp³-hybridized carbons (Fsp3) is 0.412. The van der Waals surface area contributed by atoms with Gasteiger partial charge >= 0.3 is 7.62 Å². The molecule has 0 bridgehead atoms. The van der Waals surface area contributed by atoms with Gasteiger partial charge in [0.1, 0.15) is 0 Å². The molecule has 0 aromatic heterocycles. The summed E-state index contributed by atoms with van der Waals surface area (Å²) in [6.07, 6.45) is 7.50. The molecule has 123 valence electrons. The van der Waals surface area contributed by atoms with Crippen LogP contribution in [0.1, 0.15) is 12.8 Å². The summed E-state index contributed by atoms with van der Waals surface area (Å²) in [5.41, 5.74) is 13.5. The lowest BCUT2D eigenvalue weighted by atomic mass is 9.95. The molecule has 23 heavy (non-hydrogen) atoms. The van der Waals surface area contributed by atoms with Crippen LogP contribution >= 0.6 is 0 Å². The largest absolute Gasteiger partial charge is 0.427 e. The topological polar surface area (TPSA) is 76.5 Å². The van der Waals surface area contributed by atoms with E-state index in [0.29, 0.717) is 5.92 Å². The average molecular weight is 313 g/mol. The molecule has 5 nitrogen and oxygen atoms in total. The Bertz CT molecular complexity index is 639. The molecule has 5 N–H and O–H groups in total. The molecule has 0 aliphatic carbocycles. The minimum absolute atomic E-state index is 0.667. The van der Waals surface area contributed by atoms with Crippen molar-refractivity contribution in [3.63, 3.8) is 0 Å². The molecule has 0 saturated carbocycles. The van der Waals surface area contributed by atoms with E-state index in [0.717, 1.165) is 54.3 Å². The first kappa shape index (κ1) is 17.4. The number of anilines is 2. The standard InChI is InChI=1S/C17H26BN4O/c1-13-10-17(16(20)11-15(13)4-3-7-19)22-8-5-14(6-9-22)12-21-18-23-2/h3-4,7,10-11,14,21H,1,5-6,8-9,12,19-20H2,2H3/b7-3-,15-4-. The molecule has 1 radical (unpaired) electrons. The van der Waals surface area contributed by atoms with E-state index < -0.39 is 0 Å². The molecule has 0 unspecified atom stereocenters. The summed E-state index contributed by atoms with van der Waals surface area (Å²) in [5, 5.41) is 5.15. The quantitative estimate of drug-likeness (QED) is 0.389. The van der Waals surface area contributed by atoms with E-state index in [4.69, 9.17) is 16.1 Å². The molecule has 1 aliphatic rings. The van der Waals surface area contributed by atoms with Gasteiger partial charge in [0.05, 0.1) is 11.4 Å². The van der Waals surface area contributed by atoms with E-state index in [1.54, 1.807) is 20.8 Å². The van der Waals surface area contributed by atoms with Gasteiger partial charge in [-0.25, -0.2) is 0 Å². The van der Waals surface area contributed by atoms with Gasteiger partial charge in [0.2, 0.25) is 0 Å². The number of nitrogens with two attached hydrogens (primary N) is 2. The van der Waals surface area contributed by atoms with Crippen LogP contribution in [0.5, 0.6) is 0 Å². The summed E-state index contributed by atoms with van der Waals surface area (Å²) in [6.45, 7) is 7.09. The zero-order valence-corrected chi connectivity index (χ0v) is 13.8. The van der Waals surface area contributed by atoms with Crippen LogP contribution in [0.25, 0.3) is 12.7 Å². The predicted molar refractivity (Wildman–Crippen MR) is 99.1 cm³/mol. The van der Waals surface area contributed by atoms with Crippen molar-refractivity contribution in [1.82, 2.24) is 5.23 Å². The molecular weight excluding hydrogens is 287 g/mol. The average Bonchev–Trinajstić information content (AvgIpc) is 2.56. The molecule has 1 fully saturated rings. The van der Waals surface area contributed by atoms with E-state index in [1.807, 2.05) is 12.1 Å². The lowest BCUT2D eigenvalue weighted by Crippen LogP contribution is -2.39. The Balaban J connectivity index is 2.04. The van der Waals surface area contributed by atoms with Crippen molar-refractivity contribution < 1.29 is 4.65 Å². The fourth-order valence-corrected chi connectivity index (χ4v) is 2.93. The van der Waals surface area contributed by atoms with Gasteiger partial charge in [0, 0.05) is 20.2 Å². The number of hydrogen-bond donors (Lipinski definition) is 3. The molecule has 1 saturated heterocycles. The van der Waals surface area contributed by atoms with Gasteiger partial charge in [-0.1, -0.05) is 12.7 Å². The van der Waals surface area contributed by atoms with Gasteiger partial charge in [-0.05, 0) is 60.2 Å². The third-order valence-corrected chi connectivity index (χ3v) is 4.24. The minimum Gasteiger partial charge on any atom is -0.427 e.